The molecule has 0 radical (unpaired) electrons. The average Bonchev–Trinajstić information content (AvgIpc) is 2.28. The molecule has 0 N–H and O–H groups in total. The Labute approximate surface area is 78.8 Å². The molecule has 1 aromatic rings. The Kier molecular flexibility index (Phi) is 2.86. The van der Waals surface area contributed by atoms with Crippen LogP contribution in [0.4, 0.5) is 0 Å². The highest BCUT2D eigenvalue weighted by Crippen LogP contribution is 2.19. The molecule has 0 aliphatic heterocycles. The minimum Gasteiger partial charge on any atom is -0.300 e. The van der Waals surface area contributed by atoms with Gasteiger partial charge in [-0.2, -0.15) is 5.10 Å². The van der Waals surface area contributed by atoms with Crippen molar-refractivity contribution in [3.05, 3.63) is 17.5 Å². The molecular formula is C10H16N2O. The zero-order chi connectivity index (χ0) is 10.0. The van der Waals surface area contributed by atoms with E-state index in [-0.39, 0.29) is 11.7 Å². The highest BCUT2D eigenvalue weighted by molar-refractivity contribution is 5.76. The van der Waals surface area contributed by atoms with Crippen molar-refractivity contribution >= 4 is 5.78 Å². The summed E-state index contributed by atoms with van der Waals surface area (Å²) in [4.78, 5) is 10.9. The molecule has 1 rings (SSSR count). The Morgan fingerprint density at radius 2 is 2.31 bits per heavy atom. The van der Waals surface area contributed by atoms with Crippen molar-refractivity contribution < 1.29 is 4.79 Å². The summed E-state index contributed by atoms with van der Waals surface area (Å²) in [6, 6.07) is 2.04. The molecule has 3 heteroatoms. The van der Waals surface area contributed by atoms with Crippen molar-refractivity contribution in [2.75, 3.05) is 0 Å². The average molecular weight is 180 g/mol. The van der Waals surface area contributed by atoms with Crippen LogP contribution in [0.2, 0.25) is 0 Å². The second kappa shape index (κ2) is 3.73. The summed E-state index contributed by atoms with van der Waals surface area (Å²) in [6.45, 7) is 5.64. The number of aryl methyl sites for hydroxylation is 2. The zero-order valence-corrected chi connectivity index (χ0v) is 8.66. The van der Waals surface area contributed by atoms with Gasteiger partial charge in [0.2, 0.25) is 0 Å². The number of hydrogen-bond acceptors (Lipinski definition) is 2. The van der Waals surface area contributed by atoms with E-state index in [9.17, 15) is 4.79 Å². The summed E-state index contributed by atoms with van der Waals surface area (Å²) < 4.78 is 1.85. The number of hydrogen-bond donors (Lipinski definition) is 0. The molecule has 13 heavy (non-hydrogen) atoms. The topological polar surface area (TPSA) is 34.9 Å². The monoisotopic (exact) mass is 180 g/mol. The summed E-state index contributed by atoms with van der Waals surface area (Å²) in [5, 5.41) is 4.24. The van der Waals surface area contributed by atoms with Gasteiger partial charge in [-0.15, -0.1) is 0 Å². The standard InChI is InChI=1S/C10H16N2O/c1-7(5-9(3)13)10-6-8(2)11-12(10)4/h6-7H,5H2,1-4H3. The fourth-order valence-electron chi connectivity index (χ4n) is 1.63. The number of aromatic nitrogens is 2. The van der Waals surface area contributed by atoms with Gasteiger partial charge in [0.15, 0.2) is 0 Å². The maximum Gasteiger partial charge on any atom is 0.130 e. The number of carbonyl (C=O) groups excluding carboxylic acids is 1. The minimum absolute atomic E-state index is 0.228. The van der Waals surface area contributed by atoms with E-state index in [0.29, 0.717) is 6.42 Å². The molecular weight excluding hydrogens is 164 g/mol. The van der Waals surface area contributed by atoms with Crippen LogP contribution < -0.4 is 0 Å². The molecule has 1 atom stereocenters. The van der Waals surface area contributed by atoms with Crippen molar-refractivity contribution in [2.45, 2.75) is 33.1 Å². The quantitative estimate of drug-likeness (QED) is 0.711. The summed E-state index contributed by atoms with van der Waals surface area (Å²) in [6.07, 6.45) is 0.596. The first-order chi connectivity index (χ1) is 6.00. The van der Waals surface area contributed by atoms with Gasteiger partial charge >= 0.3 is 0 Å². The summed E-state index contributed by atoms with van der Waals surface area (Å²) in [5.74, 6) is 0.495. The van der Waals surface area contributed by atoms with Gasteiger partial charge in [-0.25, -0.2) is 0 Å². The van der Waals surface area contributed by atoms with Crippen molar-refractivity contribution in [1.29, 1.82) is 0 Å². The van der Waals surface area contributed by atoms with Crippen LogP contribution in [-0.2, 0) is 11.8 Å². The van der Waals surface area contributed by atoms with Crippen molar-refractivity contribution in [1.82, 2.24) is 9.78 Å². The predicted molar refractivity (Wildman–Crippen MR) is 51.7 cm³/mol. The highest BCUT2D eigenvalue weighted by Gasteiger charge is 2.12. The fraction of sp³-hybridized carbons (Fsp3) is 0.600. The third-order valence-corrected chi connectivity index (χ3v) is 2.14. The molecule has 0 amide bonds. The molecule has 0 saturated carbocycles. The molecule has 0 aliphatic rings. The predicted octanol–water partition coefficient (Wildman–Crippen LogP) is 1.81. The molecule has 0 aliphatic carbocycles. The Balaban J connectivity index is 2.81. The third-order valence-electron chi connectivity index (χ3n) is 2.14. The fourth-order valence-corrected chi connectivity index (χ4v) is 1.63. The number of ketones is 1. The van der Waals surface area contributed by atoms with Crippen LogP contribution in [0.1, 0.15) is 37.6 Å². The maximum absolute atomic E-state index is 10.9. The lowest BCUT2D eigenvalue weighted by atomic mass is 10.0. The van der Waals surface area contributed by atoms with Crippen LogP contribution in [0.15, 0.2) is 6.07 Å². The molecule has 72 valence electrons. The first kappa shape index (κ1) is 9.96. The first-order valence-electron chi connectivity index (χ1n) is 4.50. The number of carbonyl (C=O) groups is 1. The second-order valence-electron chi connectivity index (χ2n) is 3.64. The van der Waals surface area contributed by atoms with Gasteiger partial charge < -0.3 is 4.79 Å². The van der Waals surface area contributed by atoms with Gasteiger partial charge in [0, 0.05) is 25.1 Å². The van der Waals surface area contributed by atoms with Gasteiger partial charge in [0.1, 0.15) is 5.78 Å². The van der Waals surface area contributed by atoms with Crippen LogP contribution in [0.3, 0.4) is 0 Å². The van der Waals surface area contributed by atoms with Gasteiger partial charge in [-0.1, -0.05) is 6.92 Å². The van der Waals surface area contributed by atoms with Gasteiger partial charge in [0.25, 0.3) is 0 Å². The SMILES string of the molecule is CC(=O)CC(C)c1cc(C)nn1C. The Bertz CT molecular complexity index is 315. The Morgan fingerprint density at radius 1 is 1.69 bits per heavy atom. The lowest BCUT2D eigenvalue weighted by Gasteiger charge is -2.08. The summed E-state index contributed by atoms with van der Waals surface area (Å²) in [7, 11) is 1.92. The van der Waals surface area contributed by atoms with Gasteiger partial charge in [0.05, 0.1) is 5.69 Å². The van der Waals surface area contributed by atoms with Crippen molar-refractivity contribution in [3.63, 3.8) is 0 Å². The first-order valence-corrected chi connectivity index (χ1v) is 4.50. The van der Waals surface area contributed by atoms with Crippen LogP contribution in [0.5, 0.6) is 0 Å². The third kappa shape index (κ3) is 2.41. The molecule has 0 spiro atoms. The Morgan fingerprint density at radius 3 is 2.69 bits per heavy atom. The number of Topliss-reactive ketones (excluding diaryl/α,β-unsaturated/α-hetero) is 1. The molecule has 1 aromatic heterocycles. The van der Waals surface area contributed by atoms with Crippen molar-refractivity contribution in [2.24, 2.45) is 7.05 Å². The van der Waals surface area contributed by atoms with Crippen LogP contribution in [0.25, 0.3) is 0 Å². The largest absolute Gasteiger partial charge is 0.300 e. The van der Waals surface area contributed by atoms with Gasteiger partial charge in [-0.3, -0.25) is 4.68 Å². The van der Waals surface area contributed by atoms with E-state index in [1.807, 2.05) is 24.7 Å². The van der Waals surface area contributed by atoms with Crippen LogP contribution in [0, 0.1) is 6.92 Å². The molecule has 1 heterocycles. The normalized spacial score (nSPS) is 12.9. The molecule has 3 nitrogen and oxygen atoms in total. The number of nitrogens with zero attached hydrogens (tertiary/aromatic N) is 2. The molecule has 1 unspecified atom stereocenters. The van der Waals surface area contributed by atoms with E-state index in [4.69, 9.17) is 0 Å². The lowest BCUT2D eigenvalue weighted by Crippen LogP contribution is -2.06. The van der Waals surface area contributed by atoms with Gasteiger partial charge in [-0.05, 0) is 19.9 Å². The lowest BCUT2D eigenvalue weighted by molar-refractivity contribution is -0.117. The molecule has 0 aromatic carbocycles. The zero-order valence-electron chi connectivity index (χ0n) is 8.66. The summed E-state index contributed by atoms with van der Waals surface area (Å²) in [5.41, 5.74) is 2.14. The van der Waals surface area contributed by atoms with Crippen LogP contribution >= 0.6 is 0 Å². The molecule has 0 fully saturated rings. The van der Waals surface area contributed by atoms with E-state index >= 15 is 0 Å². The summed E-state index contributed by atoms with van der Waals surface area (Å²) >= 11 is 0. The number of rotatable bonds is 3. The smallest absolute Gasteiger partial charge is 0.130 e. The minimum atomic E-state index is 0.228. The van der Waals surface area contributed by atoms with E-state index < -0.39 is 0 Å². The second-order valence-corrected chi connectivity index (χ2v) is 3.64. The van der Waals surface area contributed by atoms with E-state index in [1.54, 1.807) is 6.92 Å². The van der Waals surface area contributed by atoms with E-state index in [0.717, 1.165) is 11.4 Å². The van der Waals surface area contributed by atoms with Crippen LogP contribution in [-0.4, -0.2) is 15.6 Å². The molecule has 0 bridgehead atoms. The Hall–Kier alpha value is -1.12. The van der Waals surface area contributed by atoms with E-state index in [2.05, 4.69) is 12.0 Å². The van der Waals surface area contributed by atoms with Crippen molar-refractivity contribution in [3.8, 4) is 0 Å². The maximum atomic E-state index is 10.9. The van der Waals surface area contributed by atoms with E-state index in [1.165, 1.54) is 0 Å². The molecule has 0 saturated heterocycles. The highest BCUT2D eigenvalue weighted by atomic mass is 16.1.